The quantitative estimate of drug-likeness (QED) is 0.525. The standard InChI is InChI=1S/C9H6F6N2O2/c10-8(11,12)4-16-6-2-1-5(9(13,14)15)3-7(6)17(18)19/h1-3,16H,4H2. The minimum absolute atomic E-state index is 0.179. The van der Waals surface area contributed by atoms with Crippen molar-refractivity contribution in [2.24, 2.45) is 0 Å². The van der Waals surface area contributed by atoms with E-state index in [1.165, 1.54) is 0 Å². The minimum atomic E-state index is -4.81. The Morgan fingerprint density at radius 3 is 2.16 bits per heavy atom. The van der Waals surface area contributed by atoms with Crippen LogP contribution in [0.5, 0.6) is 0 Å². The summed E-state index contributed by atoms with van der Waals surface area (Å²) in [5.41, 5.74) is -3.01. The van der Waals surface area contributed by atoms with E-state index < -0.39 is 40.8 Å². The molecular formula is C9H6F6N2O2. The summed E-state index contributed by atoms with van der Waals surface area (Å²) >= 11 is 0. The van der Waals surface area contributed by atoms with E-state index >= 15 is 0 Å². The molecule has 0 aliphatic rings. The van der Waals surface area contributed by atoms with Gasteiger partial charge in [0.25, 0.3) is 5.69 Å². The van der Waals surface area contributed by atoms with Crippen molar-refractivity contribution >= 4 is 11.4 Å². The van der Waals surface area contributed by atoms with Crippen LogP contribution in [0.25, 0.3) is 0 Å². The Bertz CT molecular complexity index is 483. The molecule has 4 nitrogen and oxygen atoms in total. The van der Waals surface area contributed by atoms with Crippen LogP contribution < -0.4 is 5.32 Å². The van der Waals surface area contributed by atoms with Crippen LogP contribution in [0.4, 0.5) is 37.7 Å². The maximum atomic E-state index is 12.3. The molecule has 19 heavy (non-hydrogen) atoms. The highest BCUT2D eigenvalue weighted by Gasteiger charge is 2.34. The van der Waals surface area contributed by atoms with Gasteiger partial charge in [0.15, 0.2) is 0 Å². The number of nitro groups is 1. The monoisotopic (exact) mass is 288 g/mol. The van der Waals surface area contributed by atoms with Crippen molar-refractivity contribution in [3.63, 3.8) is 0 Å². The summed E-state index contributed by atoms with van der Waals surface area (Å²) < 4.78 is 72.7. The predicted octanol–water partition coefficient (Wildman–Crippen LogP) is 3.59. The fraction of sp³-hybridized carbons (Fsp3) is 0.333. The number of nitrogens with one attached hydrogen (secondary N) is 1. The van der Waals surface area contributed by atoms with Crippen molar-refractivity contribution < 1.29 is 31.3 Å². The number of nitrogens with zero attached hydrogens (tertiary/aromatic N) is 1. The Morgan fingerprint density at radius 2 is 1.74 bits per heavy atom. The molecule has 0 saturated carbocycles. The predicted molar refractivity (Wildman–Crippen MR) is 52.6 cm³/mol. The van der Waals surface area contributed by atoms with Crippen LogP contribution in [0.2, 0.25) is 0 Å². The topological polar surface area (TPSA) is 55.2 Å². The van der Waals surface area contributed by atoms with Gasteiger partial charge in [-0.15, -0.1) is 0 Å². The van der Waals surface area contributed by atoms with Crippen molar-refractivity contribution in [2.45, 2.75) is 12.4 Å². The lowest BCUT2D eigenvalue weighted by atomic mass is 10.1. The third-order valence-corrected chi connectivity index (χ3v) is 2.00. The van der Waals surface area contributed by atoms with Crippen molar-refractivity contribution in [3.05, 3.63) is 33.9 Å². The summed E-state index contributed by atoms with van der Waals surface area (Å²) in [6.45, 7) is -1.58. The lowest BCUT2D eigenvalue weighted by Gasteiger charge is -2.11. The Morgan fingerprint density at radius 1 is 1.16 bits per heavy atom. The molecule has 0 aliphatic heterocycles. The maximum absolute atomic E-state index is 12.3. The molecular weight excluding hydrogens is 282 g/mol. The van der Waals surface area contributed by atoms with Crippen LogP contribution in [-0.4, -0.2) is 17.6 Å². The maximum Gasteiger partial charge on any atom is 0.416 e. The fourth-order valence-electron chi connectivity index (χ4n) is 1.20. The van der Waals surface area contributed by atoms with Crippen LogP contribution in [0, 0.1) is 10.1 Å². The lowest BCUT2D eigenvalue weighted by Crippen LogP contribution is -2.21. The zero-order valence-electron chi connectivity index (χ0n) is 8.97. The van der Waals surface area contributed by atoms with Crippen LogP contribution in [0.15, 0.2) is 18.2 Å². The molecule has 0 bridgehead atoms. The average molecular weight is 288 g/mol. The third kappa shape index (κ3) is 4.30. The Labute approximate surface area is 102 Å². The van der Waals surface area contributed by atoms with Crippen molar-refractivity contribution in [1.29, 1.82) is 0 Å². The van der Waals surface area contributed by atoms with E-state index in [2.05, 4.69) is 0 Å². The molecule has 0 aliphatic carbocycles. The summed E-state index contributed by atoms with van der Waals surface area (Å²) in [6, 6.07) is 1.23. The SMILES string of the molecule is O=[N+]([O-])c1cc(C(F)(F)F)ccc1NCC(F)(F)F. The molecule has 0 amide bonds. The normalized spacial score (nSPS) is 12.3. The summed E-state index contributed by atoms with van der Waals surface area (Å²) in [6.07, 6.45) is -9.45. The number of nitro benzene ring substituents is 1. The largest absolute Gasteiger partial charge is 0.416 e. The first-order valence-corrected chi connectivity index (χ1v) is 4.67. The zero-order valence-corrected chi connectivity index (χ0v) is 8.97. The highest BCUT2D eigenvalue weighted by Crippen LogP contribution is 2.35. The highest BCUT2D eigenvalue weighted by atomic mass is 19.4. The van der Waals surface area contributed by atoms with E-state index in [1.54, 1.807) is 5.32 Å². The molecule has 1 aromatic rings. The van der Waals surface area contributed by atoms with Crippen LogP contribution >= 0.6 is 0 Å². The van der Waals surface area contributed by atoms with Gasteiger partial charge < -0.3 is 5.32 Å². The van der Waals surface area contributed by atoms with E-state index in [-0.39, 0.29) is 6.07 Å². The number of hydrogen-bond acceptors (Lipinski definition) is 3. The van der Waals surface area contributed by atoms with Gasteiger partial charge in [-0.25, -0.2) is 0 Å². The molecule has 0 atom stereocenters. The molecule has 0 spiro atoms. The molecule has 10 heteroatoms. The minimum Gasteiger partial charge on any atom is -0.371 e. The van der Waals surface area contributed by atoms with Gasteiger partial charge in [0.2, 0.25) is 0 Å². The number of rotatable bonds is 3. The summed E-state index contributed by atoms with van der Waals surface area (Å²) in [5, 5.41) is 12.2. The van der Waals surface area contributed by atoms with Gasteiger partial charge in [0.1, 0.15) is 12.2 Å². The number of halogens is 6. The van der Waals surface area contributed by atoms with Gasteiger partial charge in [0.05, 0.1) is 10.5 Å². The second kappa shape index (κ2) is 4.94. The fourth-order valence-corrected chi connectivity index (χ4v) is 1.20. The molecule has 0 saturated heterocycles. The van der Waals surface area contributed by atoms with Crippen LogP contribution in [0.3, 0.4) is 0 Å². The van der Waals surface area contributed by atoms with Crippen LogP contribution in [0.1, 0.15) is 5.56 Å². The first-order chi connectivity index (χ1) is 8.50. The molecule has 106 valence electrons. The van der Waals surface area contributed by atoms with E-state index in [9.17, 15) is 36.5 Å². The van der Waals surface area contributed by atoms with Gasteiger partial charge in [-0.05, 0) is 12.1 Å². The second-order valence-electron chi connectivity index (χ2n) is 3.46. The Balaban J connectivity index is 3.09. The van der Waals surface area contributed by atoms with Gasteiger partial charge >= 0.3 is 12.4 Å². The summed E-state index contributed by atoms with van der Waals surface area (Å²) in [4.78, 5) is 9.36. The van der Waals surface area contributed by atoms with Crippen molar-refractivity contribution in [2.75, 3.05) is 11.9 Å². The van der Waals surface area contributed by atoms with E-state index in [0.29, 0.717) is 12.1 Å². The van der Waals surface area contributed by atoms with Crippen LogP contribution in [-0.2, 0) is 6.18 Å². The summed E-state index contributed by atoms with van der Waals surface area (Å²) in [5.74, 6) is 0. The van der Waals surface area contributed by atoms with Crippen molar-refractivity contribution in [1.82, 2.24) is 0 Å². The second-order valence-corrected chi connectivity index (χ2v) is 3.46. The smallest absolute Gasteiger partial charge is 0.371 e. The molecule has 1 aromatic carbocycles. The molecule has 0 aromatic heterocycles. The van der Waals surface area contributed by atoms with Gasteiger partial charge in [-0.1, -0.05) is 0 Å². The molecule has 0 heterocycles. The Kier molecular flexibility index (Phi) is 3.91. The third-order valence-electron chi connectivity index (χ3n) is 2.00. The first-order valence-electron chi connectivity index (χ1n) is 4.67. The van der Waals surface area contributed by atoms with Gasteiger partial charge in [-0.3, -0.25) is 10.1 Å². The molecule has 1 rings (SSSR count). The number of anilines is 1. The Hall–Kier alpha value is -2.00. The number of alkyl halides is 6. The van der Waals surface area contributed by atoms with Gasteiger partial charge in [0, 0.05) is 6.07 Å². The zero-order chi connectivity index (χ0) is 14.8. The number of benzene rings is 1. The van der Waals surface area contributed by atoms with E-state index in [0.717, 1.165) is 0 Å². The van der Waals surface area contributed by atoms with Crippen molar-refractivity contribution in [3.8, 4) is 0 Å². The first kappa shape index (κ1) is 15.1. The summed E-state index contributed by atoms with van der Waals surface area (Å²) in [7, 11) is 0. The molecule has 0 radical (unpaired) electrons. The molecule has 1 N–H and O–H groups in total. The molecule has 0 fully saturated rings. The molecule has 0 unspecified atom stereocenters. The lowest BCUT2D eigenvalue weighted by molar-refractivity contribution is -0.384. The average Bonchev–Trinajstić information content (AvgIpc) is 2.23. The highest BCUT2D eigenvalue weighted by molar-refractivity contribution is 5.63. The number of hydrogen-bond donors (Lipinski definition) is 1. The van der Waals surface area contributed by atoms with E-state index in [4.69, 9.17) is 0 Å². The van der Waals surface area contributed by atoms with E-state index in [1.807, 2.05) is 0 Å². The van der Waals surface area contributed by atoms with Gasteiger partial charge in [-0.2, -0.15) is 26.3 Å².